The van der Waals surface area contributed by atoms with Gasteiger partial charge in [-0.25, -0.2) is 4.21 Å². The molecule has 0 bridgehead atoms. The van der Waals surface area contributed by atoms with Crippen LogP contribution in [0.3, 0.4) is 0 Å². The number of hydrogen-bond acceptors (Lipinski definition) is 5. The molecule has 15 heteroatoms. The van der Waals surface area contributed by atoms with Crippen molar-refractivity contribution in [3.05, 3.63) is 28.8 Å². The Morgan fingerprint density at radius 2 is 1.07 bits per heavy atom. The summed E-state index contributed by atoms with van der Waals surface area (Å²) >= 11 is -7.13. The highest BCUT2D eigenvalue weighted by Crippen LogP contribution is 2.54. The Kier molecular flexibility index (Phi) is 11.7. The van der Waals surface area contributed by atoms with Crippen LogP contribution in [0.25, 0.3) is 0 Å². The van der Waals surface area contributed by atoms with Gasteiger partial charge in [0.2, 0.25) is 0 Å². The van der Waals surface area contributed by atoms with Gasteiger partial charge in [-0.05, 0) is 73.0 Å². The molecule has 0 saturated heterocycles. The van der Waals surface area contributed by atoms with Crippen LogP contribution in [-0.4, -0.2) is 26.1 Å². The predicted octanol–water partition coefficient (Wildman–Crippen LogP) is 11.1. The van der Waals surface area contributed by atoms with Crippen LogP contribution in [-0.2, 0) is 11.1 Å². The van der Waals surface area contributed by atoms with Crippen LogP contribution in [0.4, 0.5) is 39.5 Å². The van der Waals surface area contributed by atoms with Gasteiger partial charge in [0, 0.05) is 23.9 Å². The van der Waals surface area contributed by atoms with Crippen LogP contribution in [0.2, 0.25) is 0 Å². The first-order chi connectivity index (χ1) is 20.1. The van der Waals surface area contributed by atoms with Gasteiger partial charge in [0.15, 0.2) is 0 Å². The van der Waals surface area contributed by atoms with E-state index in [1.54, 1.807) is 0 Å². The largest absolute Gasteiger partial charge is 0.456 e. The van der Waals surface area contributed by atoms with E-state index < -0.39 is 56.9 Å². The zero-order chi connectivity index (χ0) is 31.5. The molecule has 0 amide bonds. The second kappa shape index (κ2) is 14.3. The SMILES string of the molecule is O=S(Oc1c(C2CCCCC2)cc(C2CCCCC2)cc1C1CCCCC1)C(F)(F)C(F)(F)C(F)(F)SNSC(F)(F)F. The van der Waals surface area contributed by atoms with Gasteiger partial charge in [0.25, 0.3) is 11.1 Å². The topological polar surface area (TPSA) is 38.3 Å². The summed E-state index contributed by atoms with van der Waals surface area (Å²) in [4.78, 5) is 0. The zero-order valence-electron chi connectivity index (χ0n) is 23.4. The van der Waals surface area contributed by atoms with Gasteiger partial charge in [0.1, 0.15) is 5.75 Å². The number of halogens is 9. The minimum absolute atomic E-state index is 0.165. The Hall–Kier alpha value is -0.800. The highest BCUT2D eigenvalue weighted by molar-refractivity contribution is 8.13. The molecular weight excluding hydrogens is 649 g/mol. The Morgan fingerprint density at radius 3 is 1.49 bits per heavy atom. The van der Waals surface area contributed by atoms with Crippen molar-refractivity contribution in [2.75, 3.05) is 0 Å². The Labute approximate surface area is 257 Å². The third-order valence-corrected chi connectivity index (χ3v) is 11.2. The van der Waals surface area contributed by atoms with Crippen molar-refractivity contribution in [1.29, 1.82) is 0 Å². The van der Waals surface area contributed by atoms with Gasteiger partial charge in [-0.1, -0.05) is 69.9 Å². The molecule has 3 aliphatic carbocycles. The van der Waals surface area contributed by atoms with E-state index in [0.717, 1.165) is 80.3 Å². The maximum Gasteiger partial charge on any atom is 0.456 e. The first-order valence-corrected chi connectivity index (χ1v) is 17.4. The van der Waals surface area contributed by atoms with Crippen LogP contribution in [0.15, 0.2) is 12.1 Å². The average Bonchev–Trinajstić information content (AvgIpc) is 2.97. The molecule has 43 heavy (non-hydrogen) atoms. The monoisotopic (exact) mass is 685 g/mol. The average molecular weight is 686 g/mol. The third-order valence-electron chi connectivity index (χ3n) is 8.76. The molecule has 3 aliphatic rings. The molecule has 0 aromatic heterocycles. The molecule has 1 atom stereocenters. The quantitative estimate of drug-likeness (QED) is 0.185. The van der Waals surface area contributed by atoms with Crippen molar-refractivity contribution in [3.8, 4) is 5.75 Å². The molecule has 4 rings (SSSR count). The summed E-state index contributed by atoms with van der Waals surface area (Å²) in [5.74, 6) is -6.63. The Bertz CT molecular complexity index is 1060. The molecule has 0 spiro atoms. The summed E-state index contributed by atoms with van der Waals surface area (Å²) in [6, 6.07) is 3.70. The van der Waals surface area contributed by atoms with Crippen molar-refractivity contribution in [3.63, 3.8) is 0 Å². The molecule has 3 fully saturated rings. The summed E-state index contributed by atoms with van der Waals surface area (Å²) in [7, 11) is 0. The van der Waals surface area contributed by atoms with Gasteiger partial charge in [-0.2, -0.15) is 43.6 Å². The van der Waals surface area contributed by atoms with E-state index in [1.807, 2.05) is 12.1 Å². The van der Waals surface area contributed by atoms with Crippen LogP contribution < -0.4 is 8.31 Å². The first-order valence-electron chi connectivity index (χ1n) is 14.7. The smallest absolute Gasteiger partial charge is 0.395 e. The van der Waals surface area contributed by atoms with Crippen molar-refractivity contribution in [2.24, 2.45) is 0 Å². The van der Waals surface area contributed by atoms with E-state index in [4.69, 9.17) is 4.18 Å². The molecule has 1 aromatic carbocycles. The molecule has 0 aliphatic heterocycles. The lowest BCUT2D eigenvalue weighted by atomic mass is 9.75. The van der Waals surface area contributed by atoms with E-state index in [2.05, 4.69) is 0 Å². The summed E-state index contributed by atoms with van der Waals surface area (Å²) in [6.07, 6.45) is 13.1. The highest BCUT2D eigenvalue weighted by Gasteiger charge is 2.76. The van der Waals surface area contributed by atoms with Crippen molar-refractivity contribution < 1.29 is 47.9 Å². The van der Waals surface area contributed by atoms with Gasteiger partial charge >= 0.3 is 21.9 Å². The molecule has 3 nitrogen and oxygen atoms in total. The zero-order valence-corrected chi connectivity index (χ0v) is 25.9. The van der Waals surface area contributed by atoms with Crippen molar-refractivity contribution in [2.45, 2.75) is 136 Å². The summed E-state index contributed by atoms with van der Waals surface area (Å²) < 4.78 is 144. The molecule has 1 aromatic rings. The Balaban J connectivity index is 1.71. The van der Waals surface area contributed by atoms with Gasteiger partial charge < -0.3 is 4.18 Å². The van der Waals surface area contributed by atoms with Crippen molar-refractivity contribution in [1.82, 2.24) is 4.13 Å². The van der Waals surface area contributed by atoms with Crippen LogP contribution >= 0.6 is 23.9 Å². The maximum atomic E-state index is 15.0. The third kappa shape index (κ3) is 8.33. The highest BCUT2D eigenvalue weighted by atomic mass is 32.2. The number of nitrogens with one attached hydrogen (secondary N) is 1. The number of hydrogen-bond donors (Lipinski definition) is 1. The number of alkyl halides is 9. The minimum atomic E-state index is -6.33. The van der Waals surface area contributed by atoms with E-state index >= 15 is 8.78 Å². The molecule has 246 valence electrons. The van der Waals surface area contributed by atoms with Gasteiger partial charge in [-0.3, -0.25) is 0 Å². The molecule has 1 N–H and O–H groups in total. The molecule has 0 heterocycles. The summed E-state index contributed by atoms with van der Waals surface area (Å²) in [5.41, 5.74) is -3.13. The maximum absolute atomic E-state index is 15.0. The molecule has 3 saturated carbocycles. The normalized spacial score (nSPS) is 21.6. The second-order valence-electron chi connectivity index (χ2n) is 11.7. The summed E-state index contributed by atoms with van der Waals surface area (Å²) in [5, 5.41) is -11.7. The standard InChI is InChI=1S/C28H36F9NO2S3/c29-25(30,26(31,32)41-38-42-28(35,36)37)27(33,34)43(39)40-24-22(19-12-6-2-7-13-19)16-21(18-10-4-1-5-11-18)17-23(24)20-14-8-3-9-15-20/h16-20,38H,1-15H2. The number of rotatable bonds is 11. The first kappa shape index (κ1) is 35.1. The van der Waals surface area contributed by atoms with E-state index in [1.165, 1.54) is 0 Å². The van der Waals surface area contributed by atoms with Crippen molar-refractivity contribution >= 4 is 35.0 Å². The fourth-order valence-corrected chi connectivity index (χ4v) is 8.56. The van der Waals surface area contributed by atoms with E-state index in [9.17, 15) is 34.9 Å². The van der Waals surface area contributed by atoms with Crippen LogP contribution in [0, 0.1) is 0 Å². The lowest BCUT2D eigenvalue weighted by Gasteiger charge is -2.33. The predicted molar refractivity (Wildman–Crippen MR) is 152 cm³/mol. The van der Waals surface area contributed by atoms with E-state index in [-0.39, 0.29) is 23.5 Å². The van der Waals surface area contributed by atoms with Crippen LogP contribution in [0.5, 0.6) is 5.75 Å². The fourth-order valence-electron chi connectivity index (χ4n) is 6.49. The van der Waals surface area contributed by atoms with Crippen LogP contribution in [0.1, 0.15) is 131 Å². The second-order valence-corrected chi connectivity index (χ2v) is 14.9. The molecule has 0 radical (unpaired) electrons. The lowest BCUT2D eigenvalue weighted by Crippen LogP contribution is -2.56. The molecular formula is C28H36F9NO2S3. The molecule has 1 unspecified atom stereocenters. The fraction of sp³-hybridized carbons (Fsp3) is 0.786. The van der Waals surface area contributed by atoms with Gasteiger partial charge in [-0.15, -0.1) is 0 Å². The number of benzene rings is 1. The lowest BCUT2D eigenvalue weighted by molar-refractivity contribution is -0.240. The minimum Gasteiger partial charge on any atom is -0.395 e. The summed E-state index contributed by atoms with van der Waals surface area (Å²) in [6.45, 7) is 0. The Morgan fingerprint density at radius 1 is 0.651 bits per heavy atom. The van der Waals surface area contributed by atoms with E-state index in [0.29, 0.717) is 36.8 Å². The van der Waals surface area contributed by atoms with Gasteiger partial charge in [0.05, 0.1) is 0 Å².